The largest absolute Gasteiger partial charge is 0.319 e. The van der Waals surface area contributed by atoms with E-state index in [9.17, 15) is 0 Å². The fraction of sp³-hybridized carbons (Fsp3) is 0.556. The Hall–Kier alpha value is -0.340. The minimum absolute atomic E-state index is 1.08. The minimum atomic E-state index is 1.08. The highest BCUT2D eigenvalue weighted by atomic mass is 32.1. The molecular weight excluding hydrogens is 154 g/mol. The molecule has 1 N–H and O–H groups in total. The molecule has 0 atom stereocenters. The summed E-state index contributed by atoms with van der Waals surface area (Å²) in [6.07, 6.45) is 1.16. The monoisotopic (exact) mass is 169 g/mol. The average molecular weight is 169 g/mol. The van der Waals surface area contributed by atoms with E-state index in [2.05, 4.69) is 24.5 Å². The Morgan fingerprint density at radius 2 is 2.18 bits per heavy atom. The Labute approximate surface area is 72.4 Å². The van der Waals surface area contributed by atoms with E-state index in [0.717, 1.165) is 13.0 Å². The molecule has 0 bridgehead atoms. The van der Waals surface area contributed by atoms with Crippen molar-refractivity contribution in [3.63, 3.8) is 0 Å². The van der Waals surface area contributed by atoms with Gasteiger partial charge in [0.25, 0.3) is 0 Å². The maximum Gasteiger partial charge on any atom is 0.00494 e. The number of nitrogens with one attached hydrogen (secondary N) is 1. The second kappa shape index (κ2) is 3.88. The summed E-state index contributed by atoms with van der Waals surface area (Å²) in [4.78, 5) is 1.47. The zero-order valence-corrected chi connectivity index (χ0v) is 8.22. The van der Waals surface area contributed by atoms with Gasteiger partial charge in [0.05, 0.1) is 0 Å². The van der Waals surface area contributed by atoms with Gasteiger partial charge in [0.15, 0.2) is 0 Å². The van der Waals surface area contributed by atoms with Crippen LogP contribution in [0.2, 0.25) is 0 Å². The Bertz CT molecular complexity index is 208. The first-order valence-corrected chi connectivity index (χ1v) is 4.82. The number of hydrogen-bond acceptors (Lipinski definition) is 2. The van der Waals surface area contributed by atoms with Gasteiger partial charge in [-0.05, 0) is 50.4 Å². The predicted octanol–water partition coefficient (Wildman–Crippen LogP) is 2.13. The third-order valence-electron chi connectivity index (χ3n) is 1.94. The first-order chi connectivity index (χ1) is 5.25. The smallest absolute Gasteiger partial charge is 0.00494 e. The number of thiophene rings is 1. The molecule has 2 heteroatoms. The van der Waals surface area contributed by atoms with E-state index in [1.54, 1.807) is 0 Å². The zero-order valence-electron chi connectivity index (χ0n) is 7.40. The molecule has 0 saturated heterocycles. The molecule has 0 aliphatic heterocycles. The van der Waals surface area contributed by atoms with Crippen molar-refractivity contribution in [3.05, 3.63) is 21.4 Å². The summed E-state index contributed by atoms with van der Waals surface area (Å²) in [7, 11) is 2.00. The zero-order chi connectivity index (χ0) is 8.27. The summed E-state index contributed by atoms with van der Waals surface area (Å²) in [5.41, 5.74) is 2.98. The van der Waals surface area contributed by atoms with Crippen LogP contribution in [0.3, 0.4) is 0 Å². The lowest BCUT2D eigenvalue weighted by Gasteiger charge is -2.00. The van der Waals surface area contributed by atoms with E-state index in [0.29, 0.717) is 0 Å². The molecule has 62 valence electrons. The molecule has 1 aromatic rings. The van der Waals surface area contributed by atoms with Crippen LogP contribution in [0.15, 0.2) is 5.38 Å². The molecule has 0 spiro atoms. The lowest BCUT2D eigenvalue weighted by atomic mass is 10.1. The van der Waals surface area contributed by atoms with E-state index >= 15 is 0 Å². The molecule has 0 aromatic carbocycles. The van der Waals surface area contributed by atoms with Crippen molar-refractivity contribution in [2.45, 2.75) is 20.3 Å². The van der Waals surface area contributed by atoms with Gasteiger partial charge in [-0.3, -0.25) is 0 Å². The van der Waals surface area contributed by atoms with Crippen molar-refractivity contribution in [1.82, 2.24) is 5.32 Å². The molecule has 0 radical (unpaired) electrons. The van der Waals surface area contributed by atoms with Crippen LogP contribution < -0.4 is 5.32 Å². The molecular formula is C9H15NS. The number of hydrogen-bond donors (Lipinski definition) is 1. The molecule has 0 fully saturated rings. The molecule has 0 unspecified atom stereocenters. The second-order valence-corrected chi connectivity index (χ2v) is 3.89. The summed E-state index contributed by atoms with van der Waals surface area (Å²) >= 11 is 1.85. The average Bonchev–Trinajstić information content (AvgIpc) is 2.29. The fourth-order valence-corrected chi connectivity index (χ4v) is 2.12. The summed E-state index contributed by atoms with van der Waals surface area (Å²) in [5.74, 6) is 0. The molecule has 11 heavy (non-hydrogen) atoms. The van der Waals surface area contributed by atoms with Crippen molar-refractivity contribution in [2.24, 2.45) is 0 Å². The number of rotatable bonds is 3. The molecule has 0 saturated carbocycles. The van der Waals surface area contributed by atoms with Gasteiger partial charge in [-0.15, -0.1) is 11.3 Å². The van der Waals surface area contributed by atoms with E-state index in [-0.39, 0.29) is 0 Å². The van der Waals surface area contributed by atoms with Crippen molar-refractivity contribution < 1.29 is 0 Å². The maximum absolute atomic E-state index is 3.17. The van der Waals surface area contributed by atoms with E-state index in [4.69, 9.17) is 0 Å². The van der Waals surface area contributed by atoms with E-state index in [1.807, 2.05) is 18.4 Å². The molecule has 0 amide bonds. The van der Waals surface area contributed by atoms with Crippen LogP contribution in [0.1, 0.15) is 16.0 Å². The summed E-state index contributed by atoms with van der Waals surface area (Å²) < 4.78 is 0. The van der Waals surface area contributed by atoms with Crippen LogP contribution in [-0.2, 0) is 6.42 Å². The van der Waals surface area contributed by atoms with Crippen LogP contribution in [0.25, 0.3) is 0 Å². The summed E-state index contributed by atoms with van der Waals surface area (Å²) in [6, 6.07) is 0. The van der Waals surface area contributed by atoms with Crippen molar-refractivity contribution in [1.29, 1.82) is 0 Å². The molecule has 0 aliphatic carbocycles. The third-order valence-corrected chi connectivity index (χ3v) is 3.01. The Kier molecular flexibility index (Phi) is 3.09. The van der Waals surface area contributed by atoms with E-state index in [1.165, 1.54) is 16.0 Å². The van der Waals surface area contributed by atoms with Crippen molar-refractivity contribution in [2.75, 3.05) is 13.6 Å². The van der Waals surface area contributed by atoms with Crippen molar-refractivity contribution in [3.8, 4) is 0 Å². The van der Waals surface area contributed by atoms with E-state index < -0.39 is 0 Å². The Morgan fingerprint density at radius 3 is 2.64 bits per heavy atom. The standard InChI is InChI=1S/C9H15NS/c1-7-6-11-8(2)9(7)4-5-10-3/h6,10H,4-5H2,1-3H3. The Balaban J connectivity index is 2.67. The highest BCUT2D eigenvalue weighted by Crippen LogP contribution is 2.20. The summed E-state index contributed by atoms with van der Waals surface area (Å²) in [5, 5.41) is 5.40. The minimum Gasteiger partial charge on any atom is -0.319 e. The highest BCUT2D eigenvalue weighted by molar-refractivity contribution is 7.10. The first kappa shape index (κ1) is 8.75. The second-order valence-electron chi connectivity index (χ2n) is 2.81. The molecule has 1 aromatic heterocycles. The van der Waals surface area contributed by atoms with Gasteiger partial charge in [0.2, 0.25) is 0 Å². The Morgan fingerprint density at radius 1 is 1.45 bits per heavy atom. The van der Waals surface area contributed by atoms with Crippen LogP contribution >= 0.6 is 11.3 Å². The lowest BCUT2D eigenvalue weighted by molar-refractivity contribution is 0.788. The molecule has 1 nitrogen and oxygen atoms in total. The number of aryl methyl sites for hydroxylation is 2. The summed E-state index contributed by atoms with van der Waals surface area (Å²) in [6.45, 7) is 5.47. The normalized spacial score (nSPS) is 10.5. The van der Waals surface area contributed by atoms with Gasteiger partial charge in [-0.25, -0.2) is 0 Å². The first-order valence-electron chi connectivity index (χ1n) is 3.94. The van der Waals surface area contributed by atoms with Gasteiger partial charge in [0, 0.05) is 4.88 Å². The maximum atomic E-state index is 3.17. The van der Waals surface area contributed by atoms with Gasteiger partial charge in [0.1, 0.15) is 0 Å². The van der Waals surface area contributed by atoms with Crippen LogP contribution in [-0.4, -0.2) is 13.6 Å². The van der Waals surface area contributed by atoms with Crippen LogP contribution in [0, 0.1) is 13.8 Å². The lowest BCUT2D eigenvalue weighted by Crippen LogP contribution is -2.10. The molecule has 1 rings (SSSR count). The van der Waals surface area contributed by atoms with Gasteiger partial charge < -0.3 is 5.32 Å². The quantitative estimate of drug-likeness (QED) is 0.731. The topological polar surface area (TPSA) is 12.0 Å². The molecule has 0 aliphatic rings. The van der Waals surface area contributed by atoms with Crippen molar-refractivity contribution >= 4 is 11.3 Å². The van der Waals surface area contributed by atoms with Gasteiger partial charge in [-0.2, -0.15) is 0 Å². The van der Waals surface area contributed by atoms with Crippen LogP contribution in [0.4, 0.5) is 0 Å². The van der Waals surface area contributed by atoms with Crippen LogP contribution in [0.5, 0.6) is 0 Å². The number of likely N-dealkylation sites (N-methyl/N-ethyl adjacent to an activating group) is 1. The predicted molar refractivity (Wildman–Crippen MR) is 51.4 cm³/mol. The fourth-order valence-electron chi connectivity index (χ4n) is 1.22. The third kappa shape index (κ3) is 2.04. The van der Waals surface area contributed by atoms with Gasteiger partial charge in [-0.1, -0.05) is 0 Å². The SMILES string of the molecule is CNCCc1c(C)csc1C. The molecule has 1 heterocycles. The van der Waals surface area contributed by atoms with Gasteiger partial charge >= 0.3 is 0 Å². The highest BCUT2D eigenvalue weighted by Gasteiger charge is 2.02.